The summed E-state index contributed by atoms with van der Waals surface area (Å²) >= 11 is 6.18. The van der Waals surface area contributed by atoms with Crippen LogP contribution in [-0.4, -0.2) is 43.8 Å². The highest BCUT2D eigenvalue weighted by Gasteiger charge is 2.35. The third-order valence-electron chi connectivity index (χ3n) is 7.67. The van der Waals surface area contributed by atoms with E-state index in [0.29, 0.717) is 28.3 Å². The first-order chi connectivity index (χ1) is 20.0. The average Bonchev–Trinajstić information content (AvgIpc) is 3.46. The first kappa shape index (κ1) is 31.5. The van der Waals surface area contributed by atoms with Gasteiger partial charge in [0.1, 0.15) is 18.4 Å². The van der Waals surface area contributed by atoms with Crippen LogP contribution in [0.4, 0.5) is 10.1 Å². The highest BCUT2D eigenvalue weighted by Crippen LogP contribution is 2.30. The Morgan fingerprint density at radius 1 is 1.00 bits per heavy atom. The van der Waals surface area contributed by atoms with Crippen molar-refractivity contribution in [3.63, 3.8) is 0 Å². The number of nitrogens with one attached hydrogen (secondary N) is 1. The Labute approximate surface area is 252 Å². The zero-order valence-electron chi connectivity index (χ0n) is 24.1. The molecule has 1 fully saturated rings. The fourth-order valence-electron chi connectivity index (χ4n) is 5.32. The van der Waals surface area contributed by atoms with Crippen molar-refractivity contribution in [2.75, 3.05) is 10.8 Å². The standard InChI is InChI=1S/C32H37ClFN3O4S/c1-4-29(32(39)35-27-7-5-6-8-27)36(20-24-11-14-26(34)15-12-24)31(38)21-37(30-18-13-25(33)19-23(30)3)42(40,41)28-16-9-22(2)10-17-28/h9-19,27,29H,4-8,20-21H2,1-3H3,(H,35,39)/t29-/m1/s1. The number of carbonyl (C=O) groups is 2. The summed E-state index contributed by atoms with van der Waals surface area (Å²) in [7, 11) is -4.19. The minimum absolute atomic E-state index is 0.00766. The van der Waals surface area contributed by atoms with Crippen LogP contribution in [0.25, 0.3) is 0 Å². The molecule has 0 aromatic heterocycles. The van der Waals surface area contributed by atoms with Crippen LogP contribution in [0.1, 0.15) is 55.7 Å². The van der Waals surface area contributed by atoms with E-state index in [4.69, 9.17) is 11.6 Å². The predicted molar refractivity (Wildman–Crippen MR) is 163 cm³/mol. The molecule has 0 bridgehead atoms. The fourth-order valence-corrected chi connectivity index (χ4v) is 7.03. The number of nitrogens with zero attached hydrogens (tertiary/aromatic N) is 2. The molecule has 0 radical (unpaired) electrons. The van der Waals surface area contributed by atoms with Crippen LogP contribution >= 0.6 is 11.6 Å². The molecule has 0 saturated heterocycles. The average molecular weight is 614 g/mol. The van der Waals surface area contributed by atoms with Crippen molar-refractivity contribution in [3.05, 3.63) is 94.3 Å². The van der Waals surface area contributed by atoms with Crippen molar-refractivity contribution in [1.29, 1.82) is 0 Å². The molecule has 2 amide bonds. The minimum Gasteiger partial charge on any atom is -0.352 e. The number of halogens is 2. The van der Waals surface area contributed by atoms with E-state index in [2.05, 4.69) is 5.32 Å². The molecule has 0 heterocycles. The van der Waals surface area contributed by atoms with E-state index in [1.165, 1.54) is 29.2 Å². The Morgan fingerprint density at radius 2 is 1.64 bits per heavy atom. The van der Waals surface area contributed by atoms with Gasteiger partial charge in [0.25, 0.3) is 10.0 Å². The maximum Gasteiger partial charge on any atom is 0.264 e. The van der Waals surface area contributed by atoms with Gasteiger partial charge in [-0.1, -0.05) is 61.2 Å². The van der Waals surface area contributed by atoms with Crippen LogP contribution in [0.2, 0.25) is 5.02 Å². The highest BCUT2D eigenvalue weighted by molar-refractivity contribution is 7.92. The van der Waals surface area contributed by atoms with Gasteiger partial charge in [-0.15, -0.1) is 0 Å². The molecule has 7 nitrogen and oxygen atoms in total. The maximum atomic E-state index is 14.2. The van der Waals surface area contributed by atoms with Gasteiger partial charge in [-0.2, -0.15) is 0 Å². The molecule has 1 aliphatic carbocycles. The second-order valence-electron chi connectivity index (χ2n) is 10.8. The zero-order valence-corrected chi connectivity index (χ0v) is 25.7. The molecule has 3 aromatic rings. The normalized spacial score (nSPS) is 14.4. The summed E-state index contributed by atoms with van der Waals surface area (Å²) in [5, 5.41) is 3.52. The van der Waals surface area contributed by atoms with Gasteiger partial charge < -0.3 is 10.2 Å². The Bertz CT molecular complexity index is 1510. The molecule has 0 unspecified atom stereocenters. The van der Waals surface area contributed by atoms with Crippen molar-refractivity contribution in [2.24, 2.45) is 0 Å². The lowest BCUT2D eigenvalue weighted by molar-refractivity contribution is -0.140. The number of hydrogen-bond donors (Lipinski definition) is 1. The van der Waals surface area contributed by atoms with Crippen LogP contribution in [-0.2, 0) is 26.2 Å². The lowest BCUT2D eigenvalue weighted by atomic mass is 10.1. The molecule has 1 atom stereocenters. The fraction of sp³-hybridized carbons (Fsp3) is 0.375. The van der Waals surface area contributed by atoms with Crippen molar-refractivity contribution in [3.8, 4) is 0 Å². The van der Waals surface area contributed by atoms with E-state index in [1.54, 1.807) is 49.4 Å². The molecule has 1 saturated carbocycles. The number of carbonyl (C=O) groups excluding carboxylic acids is 2. The smallest absolute Gasteiger partial charge is 0.264 e. The number of hydrogen-bond acceptors (Lipinski definition) is 4. The van der Waals surface area contributed by atoms with E-state index in [1.807, 2.05) is 13.8 Å². The molecule has 3 aromatic carbocycles. The summed E-state index contributed by atoms with van der Waals surface area (Å²) in [4.78, 5) is 29.1. The maximum absolute atomic E-state index is 14.2. The SMILES string of the molecule is CC[C@H](C(=O)NC1CCCC1)N(Cc1ccc(F)cc1)C(=O)CN(c1ccc(Cl)cc1C)S(=O)(=O)c1ccc(C)cc1. The highest BCUT2D eigenvalue weighted by atomic mass is 35.5. The molecule has 4 rings (SSSR count). The largest absolute Gasteiger partial charge is 0.352 e. The van der Waals surface area contributed by atoms with Gasteiger partial charge >= 0.3 is 0 Å². The number of anilines is 1. The molecular formula is C32H37ClFN3O4S. The van der Waals surface area contributed by atoms with Crippen LogP contribution in [0, 0.1) is 19.7 Å². The Hall–Kier alpha value is -3.43. The molecule has 224 valence electrons. The van der Waals surface area contributed by atoms with Crippen LogP contribution in [0.15, 0.2) is 71.6 Å². The second kappa shape index (κ2) is 13.7. The molecule has 0 spiro atoms. The zero-order chi connectivity index (χ0) is 30.4. The van der Waals surface area contributed by atoms with E-state index in [0.717, 1.165) is 35.6 Å². The molecule has 42 heavy (non-hydrogen) atoms. The summed E-state index contributed by atoms with van der Waals surface area (Å²) < 4.78 is 42.8. The Balaban J connectivity index is 1.73. The van der Waals surface area contributed by atoms with Gasteiger partial charge in [0.05, 0.1) is 10.6 Å². The Morgan fingerprint density at radius 3 is 2.24 bits per heavy atom. The summed E-state index contributed by atoms with van der Waals surface area (Å²) in [5.74, 6) is -1.26. The predicted octanol–water partition coefficient (Wildman–Crippen LogP) is 6.16. The lowest BCUT2D eigenvalue weighted by Gasteiger charge is -2.34. The van der Waals surface area contributed by atoms with Crippen LogP contribution in [0.3, 0.4) is 0 Å². The number of amides is 2. The second-order valence-corrected chi connectivity index (χ2v) is 13.1. The van der Waals surface area contributed by atoms with Crippen molar-refractivity contribution in [2.45, 2.75) is 76.4 Å². The van der Waals surface area contributed by atoms with E-state index in [9.17, 15) is 22.4 Å². The molecular weight excluding hydrogens is 577 g/mol. The van der Waals surface area contributed by atoms with Gasteiger partial charge in [-0.05, 0) is 86.7 Å². The van der Waals surface area contributed by atoms with Crippen LogP contribution < -0.4 is 9.62 Å². The van der Waals surface area contributed by atoms with E-state index in [-0.39, 0.29) is 23.4 Å². The number of benzene rings is 3. The number of rotatable bonds is 11. The third-order valence-corrected chi connectivity index (χ3v) is 9.68. The Kier molecular flexibility index (Phi) is 10.3. The summed E-state index contributed by atoms with van der Waals surface area (Å²) in [6.45, 7) is 4.86. The van der Waals surface area contributed by atoms with Gasteiger partial charge in [0.15, 0.2) is 0 Å². The van der Waals surface area contributed by atoms with Crippen LogP contribution in [0.5, 0.6) is 0 Å². The van der Waals surface area contributed by atoms with Gasteiger partial charge in [0, 0.05) is 17.6 Å². The monoisotopic (exact) mass is 613 g/mol. The molecule has 10 heteroatoms. The summed E-state index contributed by atoms with van der Waals surface area (Å²) in [5.41, 5.74) is 2.39. The molecule has 0 aliphatic heterocycles. The minimum atomic E-state index is -4.19. The third kappa shape index (κ3) is 7.50. The summed E-state index contributed by atoms with van der Waals surface area (Å²) in [6, 6.07) is 16.1. The first-order valence-corrected chi connectivity index (χ1v) is 16.0. The molecule has 1 N–H and O–H groups in total. The van der Waals surface area contributed by atoms with Crippen molar-refractivity contribution >= 4 is 39.1 Å². The van der Waals surface area contributed by atoms with E-state index >= 15 is 0 Å². The lowest BCUT2D eigenvalue weighted by Crippen LogP contribution is -2.53. The quantitative estimate of drug-likeness (QED) is 0.281. The van der Waals surface area contributed by atoms with E-state index < -0.39 is 34.3 Å². The molecule has 1 aliphatic rings. The number of aryl methyl sites for hydroxylation is 2. The first-order valence-electron chi connectivity index (χ1n) is 14.2. The van der Waals surface area contributed by atoms with Gasteiger partial charge in [-0.3, -0.25) is 13.9 Å². The van der Waals surface area contributed by atoms with Crippen molar-refractivity contribution < 1.29 is 22.4 Å². The van der Waals surface area contributed by atoms with Gasteiger partial charge in [-0.25, -0.2) is 12.8 Å². The topological polar surface area (TPSA) is 86.8 Å². The summed E-state index contributed by atoms with van der Waals surface area (Å²) in [6.07, 6.45) is 4.15. The van der Waals surface area contributed by atoms with Crippen molar-refractivity contribution in [1.82, 2.24) is 10.2 Å². The van der Waals surface area contributed by atoms with Gasteiger partial charge in [0.2, 0.25) is 11.8 Å². The number of sulfonamides is 1.